The maximum Gasteiger partial charge on any atom is 0.167 e. The van der Waals surface area contributed by atoms with Gasteiger partial charge in [-0.05, 0) is 49.1 Å². The van der Waals surface area contributed by atoms with Gasteiger partial charge in [-0.1, -0.05) is 29.8 Å². The van der Waals surface area contributed by atoms with E-state index in [9.17, 15) is 0 Å². The zero-order valence-electron chi connectivity index (χ0n) is 13.2. The molecule has 21 heavy (non-hydrogen) atoms. The van der Waals surface area contributed by atoms with Crippen molar-refractivity contribution in [3.05, 3.63) is 41.2 Å². The predicted molar refractivity (Wildman–Crippen MR) is 81.9 cm³/mol. The highest BCUT2D eigenvalue weighted by molar-refractivity contribution is 5.26. The van der Waals surface area contributed by atoms with E-state index in [0.717, 1.165) is 12.4 Å². The van der Waals surface area contributed by atoms with E-state index >= 15 is 0 Å². The largest absolute Gasteiger partial charge is 0.290 e. The van der Waals surface area contributed by atoms with Crippen LogP contribution < -0.4 is 0 Å². The Morgan fingerprint density at radius 3 is 2.57 bits per heavy atom. The fourth-order valence-electron chi connectivity index (χ4n) is 3.41. The Balaban J connectivity index is 1.77. The minimum Gasteiger partial charge on any atom is -0.290 e. The van der Waals surface area contributed by atoms with Gasteiger partial charge in [0.1, 0.15) is 0 Å². The lowest BCUT2D eigenvalue weighted by atomic mass is 9.96. The molecule has 1 aliphatic heterocycles. The van der Waals surface area contributed by atoms with Gasteiger partial charge in [-0.15, -0.1) is 5.10 Å². The average molecular weight is 285 g/mol. The van der Waals surface area contributed by atoms with Gasteiger partial charge in [0.15, 0.2) is 5.82 Å². The third-order valence-electron chi connectivity index (χ3n) is 4.70. The first-order valence-electron chi connectivity index (χ1n) is 7.61. The van der Waals surface area contributed by atoms with Crippen LogP contribution in [0.1, 0.15) is 49.2 Å². The molecule has 1 aliphatic rings. The van der Waals surface area contributed by atoms with Crippen molar-refractivity contribution in [2.45, 2.75) is 45.2 Å². The van der Waals surface area contributed by atoms with Crippen LogP contribution in [0.3, 0.4) is 0 Å². The Kier molecular flexibility index (Phi) is 3.76. The molecule has 1 fully saturated rings. The molecule has 3 unspecified atom stereocenters. The second kappa shape index (κ2) is 5.56. The molecule has 0 amide bonds. The summed E-state index contributed by atoms with van der Waals surface area (Å²) in [6.45, 7) is 7.70. The predicted octanol–water partition coefficient (Wildman–Crippen LogP) is 2.46. The number of hydrogen-bond acceptors (Lipinski definition) is 4. The summed E-state index contributed by atoms with van der Waals surface area (Å²) in [5.74, 6) is 1.54. The number of benzene rings is 1. The van der Waals surface area contributed by atoms with E-state index in [0.29, 0.717) is 12.0 Å². The number of aromatic nitrogens is 4. The van der Waals surface area contributed by atoms with Gasteiger partial charge in [0.25, 0.3) is 0 Å². The maximum absolute atomic E-state index is 4.16. The summed E-state index contributed by atoms with van der Waals surface area (Å²) in [5.41, 5.74) is 2.76. The van der Waals surface area contributed by atoms with Gasteiger partial charge >= 0.3 is 0 Å². The highest BCUT2D eigenvalue weighted by atomic mass is 15.5. The van der Waals surface area contributed by atoms with Crippen molar-refractivity contribution in [2.75, 3.05) is 6.54 Å². The lowest BCUT2D eigenvalue weighted by molar-refractivity contribution is 0.192. The molecule has 0 radical (unpaired) electrons. The van der Waals surface area contributed by atoms with Crippen LogP contribution in [-0.4, -0.2) is 37.7 Å². The molecule has 2 aromatic rings. The molecule has 3 rings (SSSR count). The topological polar surface area (TPSA) is 46.8 Å². The second-order valence-corrected chi connectivity index (χ2v) is 6.23. The molecule has 0 bridgehead atoms. The van der Waals surface area contributed by atoms with Crippen molar-refractivity contribution < 1.29 is 0 Å². The molecular formula is C16H23N5. The SMILES string of the molecule is Cc1ccc(C2CC(C)N(C(C)c3nnnn3C)C2)cc1. The van der Waals surface area contributed by atoms with E-state index in [4.69, 9.17) is 0 Å². The quantitative estimate of drug-likeness (QED) is 0.869. The number of nitrogens with zero attached hydrogens (tertiary/aromatic N) is 5. The summed E-state index contributed by atoms with van der Waals surface area (Å²) >= 11 is 0. The molecule has 0 aliphatic carbocycles. The first-order chi connectivity index (χ1) is 10.1. The molecule has 112 valence electrons. The van der Waals surface area contributed by atoms with E-state index < -0.39 is 0 Å². The standard InChI is InChI=1S/C16H23N5/c1-11-5-7-14(8-6-11)15-9-12(2)21(10-15)13(3)16-17-18-19-20(16)4/h5-8,12-13,15H,9-10H2,1-4H3. The monoisotopic (exact) mass is 285 g/mol. The minimum absolute atomic E-state index is 0.246. The van der Waals surface area contributed by atoms with Crippen LogP contribution in [-0.2, 0) is 7.05 Å². The molecule has 1 saturated heterocycles. The summed E-state index contributed by atoms with van der Waals surface area (Å²) in [6.07, 6.45) is 1.19. The number of rotatable bonds is 3. The van der Waals surface area contributed by atoms with Crippen molar-refractivity contribution in [2.24, 2.45) is 7.05 Å². The van der Waals surface area contributed by atoms with Crippen LogP contribution in [0.15, 0.2) is 24.3 Å². The van der Waals surface area contributed by atoms with Crippen LogP contribution in [0.4, 0.5) is 0 Å². The van der Waals surface area contributed by atoms with Gasteiger partial charge in [-0.25, -0.2) is 4.68 Å². The molecule has 2 heterocycles. The molecule has 5 heteroatoms. The van der Waals surface area contributed by atoms with Crippen LogP contribution in [0.5, 0.6) is 0 Å². The van der Waals surface area contributed by atoms with Crippen molar-refractivity contribution in [3.63, 3.8) is 0 Å². The smallest absolute Gasteiger partial charge is 0.167 e. The van der Waals surface area contributed by atoms with Gasteiger partial charge in [0.05, 0.1) is 6.04 Å². The van der Waals surface area contributed by atoms with Crippen molar-refractivity contribution in [1.29, 1.82) is 0 Å². The highest BCUT2D eigenvalue weighted by Crippen LogP contribution is 2.36. The third-order valence-corrected chi connectivity index (χ3v) is 4.70. The Hall–Kier alpha value is -1.75. The van der Waals surface area contributed by atoms with Crippen LogP contribution in [0.25, 0.3) is 0 Å². The zero-order valence-corrected chi connectivity index (χ0v) is 13.2. The molecule has 1 aromatic carbocycles. The molecule has 0 spiro atoms. The van der Waals surface area contributed by atoms with Crippen molar-refractivity contribution in [1.82, 2.24) is 25.1 Å². The zero-order chi connectivity index (χ0) is 15.0. The summed E-state index contributed by atoms with van der Waals surface area (Å²) in [5, 5.41) is 11.9. The Labute approximate surface area is 126 Å². The molecule has 3 atom stereocenters. The van der Waals surface area contributed by atoms with Crippen LogP contribution in [0, 0.1) is 6.92 Å². The average Bonchev–Trinajstić information content (AvgIpc) is 3.05. The summed E-state index contributed by atoms with van der Waals surface area (Å²) in [7, 11) is 1.91. The number of likely N-dealkylation sites (tertiary alicyclic amines) is 1. The van der Waals surface area contributed by atoms with Crippen molar-refractivity contribution in [3.8, 4) is 0 Å². The van der Waals surface area contributed by atoms with Gasteiger partial charge in [-0.2, -0.15) is 0 Å². The normalized spacial score (nSPS) is 24.4. The Morgan fingerprint density at radius 2 is 1.95 bits per heavy atom. The first-order valence-corrected chi connectivity index (χ1v) is 7.61. The Bertz CT molecular complexity index is 603. The van der Waals surface area contributed by atoms with E-state index in [1.54, 1.807) is 4.68 Å². The third kappa shape index (κ3) is 2.70. The lowest BCUT2D eigenvalue weighted by Gasteiger charge is -2.27. The lowest BCUT2D eigenvalue weighted by Crippen LogP contribution is -2.31. The van der Waals surface area contributed by atoms with E-state index in [1.807, 2.05) is 7.05 Å². The van der Waals surface area contributed by atoms with Crippen LogP contribution >= 0.6 is 0 Å². The molecule has 1 aromatic heterocycles. The highest BCUT2D eigenvalue weighted by Gasteiger charge is 2.34. The van der Waals surface area contributed by atoms with Gasteiger partial charge in [0.2, 0.25) is 0 Å². The number of tetrazole rings is 1. The minimum atomic E-state index is 0.246. The summed E-state index contributed by atoms with van der Waals surface area (Å²) < 4.78 is 1.77. The van der Waals surface area contributed by atoms with E-state index in [1.165, 1.54) is 17.5 Å². The van der Waals surface area contributed by atoms with Gasteiger partial charge in [0, 0.05) is 19.6 Å². The fourth-order valence-corrected chi connectivity index (χ4v) is 3.41. The first kappa shape index (κ1) is 14.2. The number of hydrogen-bond donors (Lipinski definition) is 0. The number of aryl methyl sites for hydroxylation is 2. The second-order valence-electron chi connectivity index (χ2n) is 6.23. The van der Waals surface area contributed by atoms with E-state index in [-0.39, 0.29) is 6.04 Å². The van der Waals surface area contributed by atoms with Gasteiger partial charge < -0.3 is 0 Å². The molecule has 0 N–H and O–H groups in total. The van der Waals surface area contributed by atoms with Gasteiger partial charge in [-0.3, -0.25) is 4.90 Å². The van der Waals surface area contributed by atoms with Crippen LogP contribution in [0.2, 0.25) is 0 Å². The molecule has 0 saturated carbocycles. The Morgan fingerprint density at radius 1 is 1.24 bits per heavy atom. The molecular weight excluding hydrogens is 262 g/mol. The van der Waals surface area contributed by atoms with E-state index in [2.05, 4.69) is 65.5 Å². The maximum atomic E-state index is 4.16. The summed E-state index contributed by atoms with van der Waals surface area (Å²) in [4.78, 5) is 2.51. The van der Waals surface area contributed by atoms with Crippen molar-refractivity contribution >= 4 is 0 Å². The fraction of sp³-hybridized carbons (Fsp3) is 0.562. The molecule has 5 nitrogen and oxygen atoms in total. The summed E-state index contributed by atoms with van der Waals surface area (Å²) in [6, 6.07) is 9.74.